The minimum atomic E-state index is -0.476. The highest BCUT2D eigenvalue weighted by Crippen LogP contribution is 2.34. The number of carbonyl (C=O) groups is 1. The summed E-state index contributed by atoms with van der Waals surface area (Å²) in [5, 5.41) is 3.36. The number of rotatable bonds is 4. The third-order valence-electron chi connectivity index (χ3n) is 4.37. The summed E-state index contributed by atoms with van der Waals surface area (Å²) < 4.78 is 10.6. The fourth-order valence-corrected chi connectivity index (χ4v) is 3.46. The van der Waals surface area contributed by atoms with E-state index in [0.717, 1.165) is 45.5 Å². The lowest BCUT2D eigenvalue weighted by Crippen LogP contribution is -2.53. The van der Waals surface area contributed by atoms with E-state index in [1.165, 1.54) is 7.11 Å². The summed E-state index contributed by atoms with van der Waals surface area (Å²) in [7, 11) is 1.48. The van der Waals surface area contributed by atoms with E-state index >= 15 is 0 Å². The number of ether oxygens (including phenoxy) is 2. The Morgan fingerprint density at radius 3 is 3.00 bits per heavy atom. The van der Waals surface area contributed by atoms with Crippen molar-refractivity contribution in [3.8, 4) is 0 Å². The molecule has 2 aliphatic rings. The topological polar surface area (TPSA) is 50.8 Å². The van der Waals surface area contributed by atoms with E-state index < -0.39 is 5.54 Å². The van der Waals surface area contributed by atoms with Crippen LogP contribution in [-0.2, 0) is 14.3 Å². The van der Waals surface area contributed by atoms with E-state index in [9.17, 15) is 4.79 Å². The van der Waals surface area contributed by atoms with Gasteiger partial charge in [0.15, 0.2) is 0 Å². The van der Waals surface area contributed by atoms with Crippen molar-refractivity contribution in [2.75, 3.05) is 33.4 Å². The molecule has 110 valence electrons. The molecule has 2 fully saturated rings. The van der Waals surface area contributed by atoms with Gasteiger partial charge in [0.05, 0.1) is 19.8 Å². The fraction of sp³-hybridized carbons (Fsp3) is 0.929. The SMILES string of the molecule is CCNC1(C(=O)OC)CCC(N2CCOC(C)C2)C1. The Morgan fingerprint density at radius 1 is 1.58 bits per heavy atom. The molecule has 0 spiro atoms. The smallest absolute Gasteiger partial charge is 0.326 e. The standard InChI is InChI=1S/C14H26N2O3/c1-4-15-14(13(17)18-3)6-5-12(9-14)16-7-8-19-11(2)10-16/h11-12,15H,4-10H2,1-3H3. The molecule has 1 saturated carbocycles. The van der Waals surface area contributed by atoms with Crippen molar-refractivity contribution in [1.82, 2.24) is 10.2 Å². The number of carbonyl (C=O) groups excluding carboxylic acids is 1. The van der Waals surface area contributed by atoms with Gasteiger partial charge in [0.2, 0.25) is 0 Å². The first-order chi connectivity index (χ1) is 9.11. The van der Waals surface area contributed by atoms with E-state index in [4.69, 9.17) is 9.47 Å². The lowest BCUT2D eigenvalue weighted by Gasteiger charge is -2.36. The van der Waals surface area contributed by atoms with Gasteiger partial charge >= 0.3 is 5.97 Å². The number of likely N-dealkylation sites (N-methyl/N-ethyl adjacent to an activating group) is 1. The molecule has 0 aromatic heterocycles. The molecule has 1 aliphatic carbocycles. The molecule has 0 aromatic rings. The van der Waals surface area contributed by atoms with Gasteiger partial charge in [-0.3, -0.25) is 9.69 Å². The zero-order valence-electron chi connectivity index (χ0n) is 12.3. The van der Waals surface area contributed by atoms with Crippen molar-refractivity contribution in [3.63, 3.8) is 0 Å². The molecule has 0 bridgehead atoms. The number of nitrogens with one attached hydrogen (secondary N) is 1. The van der Waals surface area contributed by atoms with Crippen LogP contribution in [0.3, 0.4) is 0 Å². The summed E-state index contributed by atoms with van der Waals surface area (Å²) in [5.74, 6) is -0.113. The van der Waals surface area contributed by atoms with Gasteiger partial charge in [-0.15, -0.1) is 0 Å². The van der Waals surface area contributed by atoms with Gasteiger partial charge in [-0.1, -0.05) is 6.92 Å². The van der Waals surface area contributed by atoms with Crippen LogP contribution in [0.5, 0.6) is 0 Å². The van der Waals surface area contributed by atoms with Gasteiger partial charge < -0.3 is 14.8 Å². The van der Waals surface area contributed by atoms with Gasteiger partial charge in [-0.2, -0.15) is 0 Å². The Bertz CT molecular complexity index is 324. The molecule has 0 radical (unpaired) electrons. The van der Waals surface area contributed by atoms with Crippen molar-refractivity contribution < 1.29 is 14.3 Å². The fourth-order valence-electron chi connectivity index (χ4n) is 3.46. The van der Waals surface area contributed by atoms with Crippen LogP contribution in [-0.4, -0.2) is 61.9 Å². The van der Waals surface area contributed by atoms with E-state index in [1.807, 2.05) is 6.92 Å². The second-order valence-corrected chi connectivity index (χ2v) is 5.68. The summed E-state index contributed by atoms with van der Waals surface area (Å²) in [4.78, 5) is 14.6. The Labute approximate surface area is 115 Å². The number of hydrogen-bond donors (Lipinski definition) is 1. The van der Waals surface area contributed by atoms with Gasteiger partial charge in [-0.05, 0) is 32.7 Å². The predicted octanol–water partition coefficient (Wildman–Crippen LogP) is 0.781. The van der Waals surface area contributed by atoms with Crippen LogP contribution in [0.4, 0.5) is 0 Å². The summed E-state index contributed by atoms with van der Waals surface area (Å²) in [6, 6.07) is 0.462. The van der Waals surface area contributed by atoms with Crippen molar-refractivity contribution in [2.24, 2.45) is 0 Å². The largest absolute Gasteiger partial charge is 0.468 e. The number of morpholine rings is 1. The molecule has 1 aliphatic heterocycles. The zero-order chi connectivity index (χ0) is 13.9. The molecule has 3 atom stereocenters. The average Bonchev–Trinajstić information content (AvgIpc) is 2.84. The van der Waals surface area contributed by atoms with Crippen LogP contribution < -0.4 is 5.32 Å². The lowest BCUT2D eigenvalue weighted by atomic mass is 9.97. The first kappa shape index (κ1) is 14.8. The Hall–Kier alpha value is -0.650. The Balaban J connectivity index is 2.01. The number of methoxy groups -OCH3 is 1. The van der Waals surface area contributed by atoms with E-state index in [0.29, 0.717) is 12.1 Å². The zero-order valence-corrected chi connectivity index (χ0v) is 12.3. The number of esters is 1. The monoisotopic (exact) mass is 270 g/mol. The molecule has 2 rings (SSSR count). The van der Waals surface area contributed by atoms with Crippen LogP contribution in [0.1, 0.15) is 33.1 Å². The first-order valence-corrected chi connectivity index (χ1v) is 7.30. The molecule has 0 aromatic carbocycles. The predicted molar refractivity (Wildman–Crippen MR) is 73.0 cm³/mol. The highest BCUT2D eigenvalue weighted by molar-refractivity contribution is 5.81. The summed E-state index contributed by atoms with van der Waals surface area (Å²) in [5.41, 5.74) is -0.476. The maximum atomic E-state index is 12.1. The molecular formula is C14H26N2O3. The average molecular weight is 270 g/mol. The van der Waals surface area contributed by atoms with E-state index in [1.54, 1.807) is 0 Å². The van der Waals surface area contributed by atoms with Crippen LogP contribution >= 0.6 is 0 Å². The Kier molecular flexibility index (Phi) is 4.81. The minimum Gasteiger partial charge on any atom is -0.468 e. The molecule has 0 amide bonds. The van der Waals surface area contributed by atoms with Crippen molar-refractivity contribution in [3.05, 3.63) is 0 Å². The van der Waals surface area contributed by atoms with Crippen molar-refractivity contribution in [1.29, 1.82) is 0 Å². The maximum Gasteiger partial charge on any atom is 0.326 e. The molecule has 19 heavy (non-hydrogen) atoms. The van der Waals surface area contributed by atoms with E-state index in [2.05, 4.69) is 17.1 Å². The van der Waals surface area contributed by atoms with Crippen LogP contribution in [0, 0.1) is 0 Å². The molecule has 5 heteroatoms. The second kappa shape index (κ2) is 6.20. The Morgan fingerprint density at radius 2 is 2.37 bits per heavy atom. The third kappa shape index (κ3) is 3.09. The molecule has 3 unspecified atom stereocenters. The summed E-state index contributed by atoms with van der Waals surface area (Å²) in [6.07, 6.45) is 3.06. The molecular weight excluding hydrogens is 244 g/mol. The minimum absolute atomic E-state index is 0.113. The van der Waals surface area contributed by atoms with Crippen molar-refractivity contribution >= 4 is 5.97 Å². The van der Waals surface area contributed by atoms with E-state index in [-0.39, 0.29) is 5.97 Å². The maximum absolute atomic E-state index is 12.1. The number of hydrogen-bond acceptors (Lipinski definition) is 5. The molecule has 1 N–H and O–H groups in total. The highest BCUT2D eigenvalue weighted by atomic mass is 16.5. The lowest BCUT2D eigenvalue weighted by molar-refractivity contribution is -0.148. The van der Waals surface area contributed by atoms with Crippen molar-refractivity contribution in [2.45, 2.75) is 50.8 Å². The van der Waals surface area contributed by atoms with Gasteiger partial charge in [0.25, 0.3) is 0 Å². The first-order valence-electron chi connectivity index (χ1n) is 7.30. The molecule has 5 nitrogen and oxygen atoms in total. The summed E-state index contributed by atoms with van der Waals surface area (Å²) >= 11 is 0. The highest BCUT2D eigenvalue weighted by Gasteiger charge is 2.47. The van der Waals surface area contributed by atoms with Gasteiger partial charge in [-0.25, -0.2) is 0 Å². The second-order valence-electron chi connectivity index (χ2n) is 5.68. The van der Waals surface area contributed by atoms with Crippen LogP contribution in [0.15, 0.2) is 0 Å². The van der Waals surface area contributed by atoms with Crippen LogP contribution in [0.2, 0.25) is 0 Å². The summed E-state index contributed by atoms with van der Waals surface area (Å²) in [6.45, 7) is 7.67. The molecule has 1 heterocycles. The van der Waals surface area contributed by atoms with Crippen LogP contribution in [0.25, 0.3) is 0 Å². The van der Waals surface area contributed by atoms with Gasteiger partial charge in [0.1, 0.15) is 5.54 Å². The third-order valence-corrected chi connectivity index (χ3v) is 4.37. The normalized spacial score (nSPS) is 36.4. The van der Waals surface area contributed by atoms with Gasteiger partial charge in [0, 0.05) is 19.1 Å². The number of nitrogens with zero attached hydrogens (tertiary/aromatic N) is 1. The quantitative estimate of drug-likeness (QED) is 0.765. The molecule has 1 saturated heterocycles.